The molecule has 0 fully saturated rings. The first-order valence-electron chi connectivity index (χ1n) is 13.9. The van der Waals surface area contributed by atoms with E-state index in [1.807, 2.05) is 66.7 Å². The lowest BCUT2D eigenvalue weighted by molar-refractivity contribution is -0.113. The molecule has 1 unspecified atom stereocenters. The normalized spacial score (nSPS) is 11.9. The summed E-state index contributed by atoms with van der Waals surface area (Å²) in [5.74, 6) is 1.43. The first-order chi connectivity index (χ1) is 19.4. The van der Waals surface area contributed by atoms with Gasteiger partial charge in [0.1, 0.15) is 0 Å². The van der Waals surface area contributed by atoms with Gasteiger partial charge in [-0.25, -0.2) is 0 Å². The molecule has 0 saturated heterocycles. The zero-order valence-electron chi connectivity index (χ0n) is 23.7. The molecule has 0 bridgehead atoms. The van der Waals surface area contributed by atoms with Crippen LogP contribution in [-0.2, 0) is 11.3 Å². The number of aromatic nitrogens is 3. The summed E-state index contributed by atoms with van der Waals surface area (Å²) in [4.78, 5) is 15.2. The maximum atomic E-state index is 12.9. The highest BCUT2D eigenvalue weighted by molar-refractivity contribution is 7.99. The van der Waals surface area contributed by atoms with Crippen molar-refractivity contribution < 1.29 is 4.79 Å². The summed E-state index contributed by atoms with van der Waals surface area (Å²) < 4.78 is 2.14. The second-order valence-electron chi connectivity index (χ2n) is 10.4. The van der Waals surface area contributed by atoms with E-state index in [9.17, 15) is 4.79 Å². The lowest BCUT2D eigenvalue weighted by Crippen LogP contribution is -2.25. The Kier molecular flexibility index (Phi) is 10.7. The van der Waals surface area contributed by atoms with E-state index in [0.29, 0.717) is 17.0 Å². The second kappa shape index (κ2) is 14.4. The molecule has 0 aliphatic heterocycles. The number of hydrogen-bond donors (Lipinski definition) is 1. The van der Waals surface area contributed by atoms with Gasteiger partial charge >= 0.3 is 0 Å². The number of carbonyl (C=O) groups is 1. The fourth-order valence-electron chi connectivity index (χ4n) is 4.69. The van der Waals surface area contributed by atoms with Gasteiger partial charge in [-0.05, 0) is 86.8 Å². The molecule has 4 rings (SSSR count). The van der Waals surface area contributed by atoms with Crippen molar-refractivity contribution >= 4 is 46.3 Å². The molecule has 8 heteroatoms. The van der Waals surface area contributed by atoms with Crippen LogP contribution in [0.4, 0.5) is 17.1 Å². The summed E-state index contributed by atoms with van der Waals surface area (Å²) in [5.41, 5.74) is 3.94. The van der Waals surface area contributed by atoms with Crippen LogP contribution in [0.3, 0.4) is 0 Å². The Morgan fingerprint density at radius 3 is 2.27 bits per heavy atom. The van der Waals surface area contributed by atoms with E-state index in [1.165, 1.54) is 24.6 Å². The van der Waals surface area contributed by atoms with Gasteiger partial charge in [0.15, 0.2) is 11.0 Å². The van der Waals surface area contributed by atoms with E-state index in [4.69, 9.17) is 11.6 Å². The van der Waals surface area contributed by atoms with Crippen molar-refractivity contribution in [1.29, 1.82) is 0 Å². The average molecular weight is 576 g/mol. The first-order valence-corrected chi connectivity index (χ1v) is 15.3. The molecule has 210 valence electrons. The number of rotatable bonds is 13. The molecule has 1 aromatic heterocycles. The van der Waals surface area contributed by atoms with Crippen molar-refractivity contribution in [3.63, 3.8) is 0 Å². The van der Waals surface area contributed by atoms with Crippen LogP contribution in [0, 0.1) is 5.92 Å². The Hall–Kier alpha value is -3.29. The molecular formula is C32H38ClN5OS. The number of unbranched alkanes of at least 4 members (excludes halogenated alkanes) is 1. The fraction of sp³-hybridized carbons (Fsp3) is 0.344. The third-order valence-electron chi connectivity index (χ3n) is 6.68. The van der Waals surface area contributed by atoms with Gasteiger partial charge in [-0.2, -0.15) is 0 Å². The van der Waals surface area contributed by atoms with Crippen LogP contribution >= 0.6 is 23.4 Å². The SMILES string of the molecule is CCCCC(C)Cn1c(SCC(=O)Nc2ccc(N(c3ccccc3)C(C)C)cc2)nnc1-c1ccc(Cl)cc1. The Balaban J connectivity index is 1.43. The van der Waals surface area contributed by atoms with Gasteiger partial charge in [0.2, 0.25) is 5.91 Å². The van der Waals surface area contributed by atoms with Crippen LogP contribution < -0.4 is 10.2 Å². The highest BCUT2D eigenvalue weighted by Gasteiger charge is 2.18. The molecule has 40 heavy (non-hydrogen) atoms. The Bertz CT molecular complexity index is 1360. The largest absolute Gasteiger partial charge is 0.339 e. The summed E-state index contributed by atoms with van der Waals surface area (Å²) in [7, 11) is 0. The number of benzene rings is 3. The first kappa shape index (κ1) is 29.7. The van der Waals surface area contributed by atoms with E-state index in [2.05, 4.69) is 64.8 Å². The minimum Gasteiger partial charge on any atom is -0.339 e. The van der Waals surface area contributed by atoms with E-state index in [0.717, 1.165) is 46.6 Å². The van der Waals surface area contributed by atoms with Crippen molar-refractivity contribution in [3.8, 4) is 11.4 Å². The molecular weight excluding hydrogens is 538 g/mol. The van der Waals surface area contributed by atoms with Crippen LogP contribution in [0.2, 0.25) is 5.02 Å². The van der Waals surface area contributed by atoms with Gasteiger partial charge in [0, 0.05) is 40.2 Å². The lowest BCUT2D eigenvalue weighted by atomic mass is 10.0. The highest BCUT2D eigenvalue weighted by Crippen LogP contribution is 2.30. The van der Waals surface area contributed by atoms with Gasteiger partial charge in [0.05, 0.1) is 5.75 Å². The summed E-state index contributed by atoms with van der Waals surface area (Å²) in [6.07, 6.45) is 3.48. The van der Waals surface area contributed by atoms with Gasteiger partial charge in [-0.15, -0.1) is 10.2 Å². The number of para-hydroxylation sites is 1. The molecule has 0 aliphatic carbocycles. The molecule has 4 aromatic rings. The monoisotopic (exact) mass is 575 g/mol. The topological polar surface area (TPSA) is 63.1 Å². The van der Waals surface area contributed by atoms with E-state index < -0.39 is 0 Å². The van der Waals surface area contributed by atoms with Crippen molar-refractivity contribution in [2.24, 2.45) is 5.92 Å². The van der Waals surface area contributed by atoms with Crippen LogP contribution in [0.5, 0.6) is 0 Å². The second-order valence-corrected chi connectivity index (χ2v) is 11.7. The quantitative estimate of drug-likeness (QED) is 0.161. The summed E-state index contributed by atoms with van der Waals surface area (Å²) in [6, 6.07) is 26.2. The van der Waals surface area contributed by atoms with Crippen molar-refractivity contribution in [2.45, 2.75) is 64.7 Å². The Morgan fingerprint density at radius 2 is 1.62 bits per heavy atom. The van der Waals surface area contributed by atoms with Gasteiger partial charge in [-0.3, -0.25) is 4.79 Å². The average Bonchev–Trinajstić information content (AvgIpc) is 3.34. The molecule has 0 spiro atoms. The maximum absolute atomic E-state index is 12.9. The maximum Gasteiger partial charge on any atom is 0.234 e. The number of thioether (sulfide) groups is 1. The highest BCUT2D eigenvalue weighted by atomic mass is 35.5. The van der Waals surface area contributed by atoms with E-state index in [1.54, 1.807) is 0 Å². The van der Waals surface area contributed by atoms with Gasteiger partial charge in [-0.1, -0.05) is 68.3 Å². The number of nitrogens with one attached hydrogen (secondary N) is 1. The van der Waals surface area contributed by atoms with E-state index >= 15 is 0 Å². The standard InChI is InChI=1S/C32H38ClN5OS/c1-5-6-10-24(4)21-37-31(25-13-15-26(33)16-14-25)35-36-32(37)40-22-30(39)34-27-17-19-29(20-18-27)38(23(2)3)28-11-8-7-9-12-28/h7-9,11-20,23-24H,5-6,10,21-22H2,1-4H3,(H,34,39). The number of nitrogens with zero attached hydrogens (tertiary/aromatic N) is 4. The van der Waals surface area contributed by atoms with Gasteiger partial charge < -0.3 is 14.8 Å². The molecule has 0 saturated carbocycles. The third kappa shape index (κ3) is 7.89. The molecule has 3 aromatic carbocycles. The number of carbonyl (C=O) groups excluding carboxylic acids is 1. The summed E-state index contributed by atoms with van der Waals surface area (Å²) >= 11 is 7.52. The predicted molar refractivity (Wildman–Crippen MR) is 169 cm³/mol. The third-order valence-corrected chi connectivity index (χ3v) is 7.90. The van der Waals surface area contributed by atoms with Crippen LogP contribution in [0.15, 0.2) is 84.0 Å². The summed E-state index contributed by atoms with van der Waals surface area (Å²) in [6.45, 7) is 9.60. The zero-order valence-corrected chi connectivity index (χ0v) is 25.3. The molecule has 6 nitrogen and oxygen atoms in total. The Morgan fingerprint density at radius 1 is 0.950 bits per heavy atom. The van der Waals surface area contributed by atoms with E-state index in [-0.39, 0.29) is 11.7 Å². The molecule has 0 radical (unpaired) electrons. The Labute approximate surface area is 247 Å². The van der Waals surface area contributed by atoms with Crippen LogP contribution in [0.1, 0.15) is 47.0 Å². The minimum atomic E-state index is -0.0804. The predicted octanol–water partition coefficient (Wildman–Crippen LogP) is 8.70. The van der Waals surface area contributed by atoms with Crippen LogP contribution in [0.25, 0.3) is 11.4 Å². The molecule has 1 atom stereocenters. The number of anilines is 3. The molecule has 1 heterocycles. The van der Waals surface area contributed by atoms with Crippen molar-refractivity contribution in [3.05, 3.63) is 83.9 Å². The molecule has 1 amide bonds. The molecule has 1 N–H and O–H groups in total. The van der Waals surface area contributed by atoms with Crippen molar-refractivity contribution in [2.75, 3.05) is 16.0 Å². The zero-order chi connectivity index (χ0) is 28.5. The van der Waals surface area contributed by atoms with Crippen LogP contribution in [-0.4, -0.2) is 32.5 Å². The fourth-order valence-corrected chi connectivity index (χ4v) is 5.57. The van der Waals surface area contributed by atoms with Gasteiger partial charge in [0.25, 0.3) is 0 Å². The molecule has 0 aliphatic rings. The number of hydrogen-bond acceptors (Lipinski definition) is 5. The summed E-state index contributed by atoms with van der Waals surface area (Å²) in [5, 5.41) is 13.4. The number of amides is 1. The smallest absolute Gasteiger partial charge is 0.234 e. The van der Waals surface area contributed by atoms with Crippen molar-refractivity contribution in [1.82, 2.24) is 14.8 Å². The minimum absolute atomic E-state index is 0.0804. The number of halogens is 1. The lowest BCUT2D eigenvalue weighted by Gasteiger charge is -2.29.